The van der Waals surface area contributed by atoms with Gasteiger partial charge in [0.2, 0.25) is 0 Å². The monoisotopic (exact) mass is 544 g/mol. The Balaban J connectivity index is 2.01. The molecular formula is C34H45N2O2P. The van der Waals surface area contributed by atoms with Crippen molar-refractivity contribution in [3.8, 4) is 11.5 Å². The van der Waals surface area contributed by atoms with Crippen molar-refractivity contribution in [1.82, 2.24) is 5.01 Å². The van der Waals surface area contributed by atoms with Crippen LogP contribution in [0.15, 0.2) is 53.6 Å². The van der Waals surface area contributed by atoms with Crippen LogP contribution in [0.2, 0.25) is 0 Å². The molecule has 5 heteroatoms. The van der Waals surface area contributed by atoms with E-state index in [0.717, 1.165) is 56.8 Å². The van der Waals surface area contributed by atoms with Crippen LogP contribution in [0.25, 0.3) is 0 Å². The molecule has 4 nitrogen and oxygen atoms in total. The van der Waals surface area contributed by atoms with E-state index >= 15 is 0 Å². The van der Waals surface area contributed by atoms with Crippen molar-refractivity contribution in [1.29, 1.82) is 0 Å². The molecule has 0 amide bonds. The number of hydrogen-bond acceptors (Lipinski definition) is 4. The summed E-state index contributed by atoms with van der Waals surface area (Å²) in [5.74, 6) is 0.639. The van der Waals surface area contributed by atoms with E-state index in [2.05, 4.69) is 103 Å². The van der Waals surface area contributed by atoms with E-state index in [4.69, 9.17) is 5.10 Å². The van der Waals surface area contributed by atoms with Crippen molar-refractivity contribution in [3.63, 3.8) is 0 Å². The van der Waals surface area contributed by atoms with Crippen molar-refractivity contribution in [2.24, 2.45) is 5.10 Å². The van der Waals surface area contributed by atoms with Crippen LogP contribution in [-0.4, -0.2) is 34.5 Å². The molecule has 39 heavy (non-hydrogen) atoms. The summed E-state index contributed by atoms with van der Waals surface area (Å²) in [6.45, 7) is 18.9. The summed E-state index contributed by atoms with van der Waals surface area (Å²) in [6, 6.07) is 16.7. The van der Waals surface area contributed by atoms with Crippen molar-refractivity contribution >= 4 is 30.0 Å². The first-order valence-electron chi connectivity index (χ1n) is 14.1. The Hall–Kier alpha value is -2.84. The molecule has 1 saturated heterocycles. The Morgan fingerprint density at radius 1 is 0.718 bits per heavy atom. The van der Waals surface area contributed by atoms with Gasteiger partial charge in [0.15, 0.2) is 0 Å². The molecule has 0 unspecified atom stereocenters. The number of hydrogen-bond donors (Lipinski definition) is 2. The van der Waals surface area contributed by atoms with Crippen LogP contribution in [0.1, 0.15) is 88.6 Å². The summed E-state index contributed by atoms with van der Waals surface area (Å²) in [6.07, 6.45) is 5.58. The van der Waals surface area contributed by atoms with Crippen LogP contribution in [0.3, 0.4) is 0 Å². The first kappa shape index (κ1) is 29.2. The average Bonchev–Trinajstić information content (AvgIpc) is 2.86. The normalized spacial score (nSPS) is 14.9. The van der Waals surface area contributed by atoms with E-state index in [1.807, 2.05) is 12.3 Å². The number of benzene rings is 3. The van der Waals surface area contributed by atoms with Gasteiger partial charge in [-0.15, -0.1) is 0 Å². The zero-order chi connectivity index (χ0) is 28.5. The standard InChI is InChI=1S/C34H45N2O2P/c1-23-18-26(33(3,4)5)31(37)29(20-23)39(30-21-24(2)19-27(32(30)38)34(6,7)8)28-15-11-10-14-25(28)22-35-36-16-12-9-13-17-36/h10-11,14-15,18-22,37-38H,9,12-13,16-17H2,1-8H3/b35-22+. The molecule has 0 aromatic heterocycles. The highest BCUT2D eigenvalue weighted by Crippen LogP contribution is 2.45. The number of aryl methyl sites for hydroxylation is 2. The maximum Gasteiger partial charge on any atom is 0.127 e. The van der Waals surface area contributed by atoms with Gasteiger partial charge in [-0.05, 0) is 80.4 Å². The van der Waals surface area contributed by atoms with Crippen LogP contribution in [0, 0.1) is 13.8 Å². The number of nitrogens with zero attached hydrogens (tertiary/aromatic N) is 2. The van der Waals surface area contributed by atoms with E-state index in [1.165, 1.54) is 19.3 Å². The fourth-order valence-electron chi connectivity index (χ4n) is 5.33. The number of piperidine rings is 1. The van der Waals surface area contributed by atoms with Gasteiger partial charge in [0, 0.05) is 40.4 Å². The summed E-state index contributed by atoms with van der Waals surface area (Å²) in [5.41, 5.74) is 4.61. The smallest absolute Gasteiger partial charge is 0.127 e. The molecule has 1 aliphatic rings. The molecule has 0 atom stereocenters. The SMILES string of the molecule is Cc1cc(P(c2ccccc2/C=N/N2CCCCC2)c2cc(C)cc(C(C)(C)C)c2O)c(O)c(C(C)(C)C)c1. The number of phenolic OH excluding ortho intramolecular Hbond substituents is 2. The lowest BCUT2D eigenvalue weighted by atomic mass is 9.85. The summed E-state index contributed by atoms with van der Waals surface area (Å²) < 4.78 is 0. The number of aromatic hydroxyl groups is 2. The van der Waals surface area contributed by atoms with Gasteiger partial charge in [-0.3, -0.25) is 5.01 Å². The largest absolute Gasteiger partial charge is 0.507 e. The Morgan fingerprint density at radius 2 is 1.21 bits per heavy atom. The highest BCUT2D eigenvalue weighted by atomic mass is 31.1. The Kier molecular flexibility index (Phi) is 8.47. The van der Waals surface area contributed by atoms with E-state index in [0.29, 0.717) is 11.5 Å². The average molecular weight is 545 g/mol. The first-order chi connectivity index (χ1) is 18.3. The summed E-state index contributed by atoms with van der Waals surface area (Å²) in [4.78, 5) is 0. The Morgan fingerprint density at radius 3 is 1.69 bits per heavy atom. The Labute approximate surface area is 236 Å². The zero-order valence-electron chi connectivity index (χ0n) is 25.0. The number of rotatable bonds is 5. The maximum atomic E-state index is 11.8. The second kappa shape index (κ2) is 11.3. The topological polar surface area (TPSA) is 56.1 Å². The molecule has 3 aromatic rings. The third-order valence-corrected chi connectivity index (χ3v) is 9.97. The molecule has 1 heterocycles. The van der Waals surface area contributed by atoms with E-state index in [9.17, 15) is 10.2 Å². The van der Waals surface area contributed by atoms with Crippen LogP contribution in [0.5, 0.6) is 11.5 Å². The lowest BCUT2D eigenvalue weighted by molar-refractivity contribution is 0.240. The molecule has 4 rings (SSSR count). The van der Waals surface area contributed by atoms with Gasteiger partial charge >= 0.3 is 0 Å². The van der Waals surface area contributed by atoms with Gasteiger partial charge in [0.25, 0.3) is 0 Å². The second-order valence-electron chi connectivity index (χ2n) is 13.0. The second-order valence-corrected chi connectivity index (χ2v) is 15.1. The van der Waals surface area contributed by atoms with Crippen LogP contribution >= 0.6 is 7.92 Å². The molecule has 1 aliphatic heterocycles. The molecule has 208 valence electrons. The molecule has 2 N–H and O–H groups in total. The summed E-state index contributed by atoms with van der Waals surface area (Å²) >= 11 is 0. The molecule has 1 fully saturated rings. The minimum Gasteiger partial charge on any atom is -0.507 e. The molecule has 0 bridgehead atoms. The predicted octanol–water partition coefficient (Wildman–Crippen LogP) is 6.89. The van der Waals surface area contributed by atoms with E-state index < -0.39 is 7.92 Å². The maximum absolute atomic E-state index is 11.8. The van der Waals surface area contributed by atoms with Crippen molar-refractivity contribution in [2.45, 2.75) is 85.5 Å². The van der Waals surface area contributed by atoms with E-state index in [1.54, 1.807) is 0 Å². The molecule has 0 spiro atoms. The van der Waals surface area contributed by atoms with Gasteiger partial charge in [0.05, 0.1) is 6.21 Å². The number of phenols is 2. The van der Waals surface area contributed by atoms with Crippen LogP contribution < -0.4 is 15.9 Å². The lowest BCUT2D eigenvalue weighted by Crippen LogP contribution is -2.28. The molecule has 0 radical (unpaired) electrons. The quantitative estimate of drug-likeness (QED) is 0.272. The van der Waals surface area contributed by atoms with Gasteiger partial charge in [-0.1, -0.05) is 77.9 Å². The van der Waals surface area contributed by atoms with Gasteiger partial charge in [0.1, 0.15) is 11.5 Å². The zero-order valence-corrected chi connectivity index (χ0v) is 25.9. The predicted molar refractivity (Wildman–Crippen MR) is 168 cm³/mol. The molecule has 3 aromatic carbocycles. The van der Waals surface area contributed by atoms with Crippen LogP contribution in [0.4, 0.5) is 0 Å². The van der Waals surface area contributed by atoms with Crippen molar-refractivity contribution < 1.29 is 10.2 Å². The van der Waals surface area contributed by atoms with Gasteiger partial charge < -0.3 is 10.2 Å². The summed E-state index contributed by atoms with van der Waals surface area (Å²) in [5, 5.41) is 33.5. The third-order valence-electron chi connectivity index (χ3n) is 7.44. The Bertz CT molecular complexity index is 1290. The number of hydrazone groups is 1. The van der Waals surface area contributed by atoms with Gasteiger partial charge in [-0.2, -0.15) is 5.10 Å². The summed E-state index contributed by atoms with van der Waals surface area (Å²) in [7, 11) is -1.31. The van der Waals surface area contributed by atoms with Gasteiger partial charge in [-0.25, -0.2) is 0 Å². The minimum atomic E-state index is -1.31. The van der Waals surface area contributed by atoms with E-state index in [-0.39, 0.29) is 10.8 Å². The fraction of sp³-hybridized carbons (Fsp3) is 0.441. The third kappa shape index (κ3) is 6.49. The molecule has 0 aliphatic carbocycles. The highest BCUT2D eigenvalue weighted by Gasteiger charge is 2.31. The molecule has 0 saturated carbocycles. The highest BCUT2D eigenvalue weighted by molar-refractivity contribution is 7.80. The lowest BCUT2D eigenvalue weighted by Gasteiger charge is -2.30. The van der Waals surface area contributed by atoms with Crippen molar-refractivity contribution in [2.75, 3.05) is 13.1 Å². The first-order valence-corrected chi connectivity index (χ1v) is 15.5. The minimum absolute atomic E-state index is 0.230. The molecular weight excluding hydrogens is 499 g/mol. The van der Waals surface area contributed by atoms with Crippen molar-refractivity contribution in [3.05, 3.63) is 76.3 Å². The van der Waals surface area contributed by atoms with Crippen LogP contribution in [-0.2, 0) is 10.8 Å². The fourth-order valence-corrected chi connectivity index (χ4v) is 8.06.